The summed E-state index contributed by atoms with van der Waals surface area (Å²) in [5.74, 6) is 0.261. The number of hydrogen-bond donors (Lipinski definition) is 3. The van der Waals surface area contributed by atoms with Gasteiger partial charge in [-0.2, -0.15) is 9.29 Å². The van der Waals surface area contributed by atoms with E-state index in [9.17, 15) is 31.7 Å². The number of ether oxygens (including phenoxy) is 5. The number of rotatable bonds is 14. The van der Waals surface area contributed by atoms with Crippen LogP contribution in [0.25, 0.3) is 11.0 Å². The number of para-hydroxylation sites is 1. The molecule has 6 aliphatic heterocycles. The first-order valence-corrected chi connectivity index (χ1v) is 30.9. The summed E-state index contributed by atoms with van der Waals surface area (Å²) < 4.78 is 89.1. The Morgan fingerprint density at radius 1 is 0.900 bits per heavy atom. The van der Waals surface area contributed by atoms with Crippen molar-refractivity contribution in [2.75, 3.05) is 101 Å². The number of fused-ring (bicyclic) bond motifs is 4. The van der Waals surface area contributed by atoms with E-state index in [0.29, 0.717) is 87.9 Å². The standard InChI is InChI=1S/C56H70N10O12S2/c1-35(2)77-49-8-6-5-7-42(49)48-33-75-24-22-64(48)40-29-56(30-40)13-16-62(17-14-56)39-9-10-43(45(26-39)65-44-12-23-74-34-51(44)78-55-47(65)25-37-11-15-57-53(37)59-55)54(67)60-79(70,71)41-27-46(66(68)69)52-50(28-41)76-32-38(58-52)31-61-18-20-63(21-19-61)80(72,73)36(3)4/h5-11,15,25-28,35-36,38,40,44,48,51,58H,12-14,16-24,29-34H2,1-4H3,(H,57,59)(H,60,67)/t38-,44-,48-,51-/m0/s1. The van der Waals surface area contributed by atoms with Crippen LogP contribution in [0.15, 0.2) is 77.8 Å². The molecule has 24 heteroatoms. The van der Waals surface area contributed by atoms with Gasteiger partial charge in [0, 0.05) is 100.0 Å². The Morgan fingerprint density at radius 2 is 1.68 bits per heavy atom. The quantitative estimate of drug-likeness (QED) is 0.0803. The van der Waals surface area contributed by atoms with E-state index in [1.807, 2.05) is 44.2 Å². The lowest BCUT2D eigenvalue weighted by molar-refractivity contribution is -0.384. The number of piperazine rings is 1. The summed E-state index contributed by atoms with van der Waals surface area (Å²) in [7, 11) is -8.18. The molecule has 5 fully saturated rings. The molecule has 8 heterocycles. The number of amides is 1. The van der Waals surface area contributed by atoms with E-state index in [2.05, 4.69) is 52.8 Å². The predicted octanol–water partition coefficient (Wildman–Crippen LogP) is 6.42. The molecule has 2 aromatic heterocycles. The van der Waals surface area contributed by atoms with Crippen molar-refractivity contribution in [2.45, 2.75) is 106 Å². The summed E-state index contributed by atoms with van der Waals surface area (Å²) in [6.07, 6.45) is 6.06. The van der Waals surface area contributed by atoms with Crippen LogP contribution in [0.5, 0.6) is 17.4 Å². The fourth-order valence-corrected chi connectivity index (χ4v) is 15.3. The molecule has 1 aliphatic carbocycles. The smallest absolute Gasteiger partial charge is 0.297 e. The highest BCUT2D eigenvalue weighted by molar-refractivity contribution is 7.90. The second-order valence-corrected chi connectivity index (χ2v) is 27.1. The monoisotopic (exact) mass is 1140 g/mol. The average Bonchev–Trinajstić information content (AvgIpc) is 3.71. The first-order chi connectivity index (χ1) is 38.4. The molecule has 3 aromatic carbocycles. The van der Waals surface area contributed by atoms with E-state index in [1.54, 1.807) is 26.1 Å². The minimum absolute atomic E-state index is 0.0123. The highest BCUT2D eigenvalue weighted by Crippen LogP contribution is 2.54. The van der Waals surface area contributed by atoms with E-state index in [-0.39, 0.29) is 53.8 Å². The number of nitro groups is 1. The molecule has 3 N–H and O–H groups in total. The Kier molecular flexibility index (Phi) is 14.6. The lowest BCUT2D eigenvalue weighted by Crippen LogP contribution is -2.57. The van der Waals surface area contributed by atoms with Crippen molar-refractivity contribution in [3.8, 4) is 17.4 Å². The first kappa shape index (κ1) is 54.3. The fraction of sp³-hybridized carbons (Fsp3) is 0.536. The van der Waals surface area contributed by atoms with Gasteiger partial charge in [-0.1, -0.05) is 18.2 Å². The van der Waals surface area contributed by atoms with Gasteiger partial charge < -0.3 is 43.8 Å². The Morgan fingerprint density at radius 3 is 2.44 bits per heavy atom. The molecule has 428 valence electrons. The number of morpholine rings is 1. The van der Waals surface area contributed by atoms with Crippen molar-refractivity contribution < 1.29 is 50.2 Å². The largest absolute Gasteiger partial charge is 0.491 e. The fourth-order valence-electron chi connectivity index (χ4n) is 13.0. The molecule has 22 nitrogen and oxygen atoms in total. The summed E-state index contributed by atoms with van der Waals surface area (Å²) >= 11 is 0. The predicted molar refractivity (Wildman–Crippen MR) is 300 cm³/mol. The maximum absolute atomic E-state index is 14.9. The zero-order valence-electron chi connectivity index (χ0n) is 45.5. The molecule has 0 unspecified atom stereocenters. The maximum atomic E-state index is 14.9. The number of anilines is 4. The summed E-state index contributed by atoms with van der Waals surface area (Å²) in [5.41, 5.74) is 3.45. The number of piperidine rings is 1. The van der Waals surface area contributed by atoms with Crippen molar-refractivity contribution in [3.05, 3.63) is 94.2 Å². The van der Waals surface area contributed by atoms with Crippen LogP contribution in [0.4, 0.5) is 28.4 Å². The molecule has 5 aromatic rings. The van der Waals surface area contributed by atoms with Crippen LogP contribution in [0.3, 0.4) is 0 Å². The SMILES string of the molecule is CC(C)Oc1ccccc1[C@@H]1COCCN1C1CC2(CCN(c3ccc(C(=O)NS(=O)(=O)c4cc5c(c([N+](=O)[O-])c4)N[C@@H](CN4CCN(S(=O)(=O)C(C)C)CC4)CO5)c(N4c5cc6cc[nH]c6nc5O[C@H]5COCC[C@@H]54)c3)CC2)C1. The van der Waals surface area contributed by atoms with Crippen molar-refractivity contribution in [3.63, 3.8) is 0 Å². The number of carbonyl (C=O) groups is 1. The van der Waals surface area contributed by atoms with Gasteiger partial charge in [-0.25, -0.2) is 21.6 Å². The summed E-state index contributed by atoms with van der Waals surface area (Å²) in [5, 5.41) is 16.2. The molecule has 1 spiro atoms. The number of nitrogens with zero attached hydrogens (tertiary/aromatic N) is 7. The van der Waals surface area contributed by atoms with Crippen LogP contribution < -0.4 is 34.0 Å². The molecular weight excluding hydrogens is 1070 g/mol. The van der Waals surface area contributed by atoms with Crippen LogP contribution in [-0.4, -0.2) is 173 Å². The van der Waals surface area contributed by atoms with Crippen LogP contribution in [0, 0.1) is 15.5 Å². The minimum Gasteiger partial charge on any atom is -0.491 e. The maximum Gasteiger partial charge on any atom is 0.297 e. The zero-order valence-corrected chi connectivity index (χ0v) is 47.2. The van der Waals surface area contributed by atoms with E-state index < -0.39 is 58.9 Å². The molecule has 12 rings (SSSR count). The topological polar surface area (TPSA) is 244 Å². The van der Waals surface area contributed by atoms with E-state index in [0.717, 1.165) is 73.8 Å². The van der Waals surface area contributed by atoms with Gasteiger partial charge in [-0.3, -0.25) is 24.7 Å². The number of nitro benzene ring substituents is 1. The van der Waals surface area contributed by atoms with Crippen LogP contribution in [0.1, 0.15) is 81.8 Å². The van der Waals surface area contributed by atoms with E-state index in [1.165, 1.54) is 10.4 Å². The number of sulfonamides is 2. The zero-order chi connectivity index (χ0) is 55.7. The van der Waals surface area contributed by atoms with Crippen LogP contribution in [-0.2, 0) is 29.5 Å². The van der Waals surface area contributed by atoms with Crippen LogP contribution in [0.2, 0.25) is 0 Å². The highest BCUT2D eigenvalue weighted by Gasteiger charge is 2.50. The van der Waals surface area contributed by atoms with Gasteiger partial charge in [-0.15, -0.1) is 0 Å². The van der Waals surface area contributed by atoms with Gasteiger partial charge in [0.2, 0.25) is 15.9 Å². The molecular formula is C56H70N10O12S2. The lowest BCUT2D eigenvalue weighted by atomic mass is 9.59. The third-order valence-electron chi connectivity index (χ3n) is 17.2. The molecule has 7 aliphatic rings. The molecule has 0 bridgehead atoms. The molecule has 80 heavy (non-hydrogen) atoms. The van der Waals surface area contributed by atoms with Gasteiger partial charge in [0.05, 0.1) is 70.4 Å². The van der Waals surface area contributed by atoms with E-state index >= 15 is 0 Å². The van der Waals surface area contributed by atoms with Gasteiger partial charge in [0.25, 0.3) is 21.6 Å². The van der Waals surface area contributed by atoms with Crippen molar-refractivity contribution >= 4 is 65.4 Å². The Labute approximate surface area is 466 Å². The Hall–Kier alpha value is -6.28. The molecule has 1 saturated carbocycles. The first-order valence-electron chi connectivity index (χ1n) is 27.9. The summed E-state index contributed by atoms with van der Waals surface area (Å²) in [6, 6.07) is 19.6. The molecule has 4 atom stereocenters. The second-order valence-electron chi connectivity index (χ2n) is 22.9. The van der Waals surface area contributed by atoms with Crippen molar-refractivity contribution in [2.24, 2.45) is 5.41 Å². The number of nitrogens with one attached hydrogen (secondary N) is 3. The van der Waals surface area contributed by atoms with Crippen LogP contribution >= 0.6 is 0 Å². The number of pyridine rings is 1. The van der Waals surface area contributed by atoms with Gasteiger partial charge in [0.15, 0.2) is 11.4 Å². The number of H-pyrrole nitrogens is 1. The number of aromatic nitrogens is 2. The third kappa shape index (κ3) is 10.4. The molecule has 0 radical (unpaired) electrons. The van der Waals surface area contributed by atoms with Gasteiger partial charge in [-0.05, 0) is 102 Å². The summed E-state index contributed by atoms with van der Waals surface area (Å²) in [6.45, 7) is 13.9. The number of hydrogen-bond acceptors (Lipinski definition) is 18. The highest BCUT2D eigenvalue weighted by atomic mass is 32.2. The minimum atomic E-state index is -4.77. The van der Waals surface area contributed by atoms with Crippen molar-refractivity contribution in [1.29, 1.82) is 0 Å². The van der Waals surface area contributed by atoms with E-state index in [4.69, 9.17) is 28.7 Å². The molecule has 1 amide bonds. The average molecular weight is 1140 g/mol. The number of aromatic amines is 1. The molecule has 4 saturated heterocycles. The Balaban J connectivity index is 0.800. The third-order valence-corrected chi connectivity index (χ3v) is 20.8. The second kappa shape index (κ2) is 21.6. The normalized spacial score (nSPS) is 23.8. The lowest BCUT2D eigenvalue weighted by Gasteiger charge is -2.57. The Bertz CT molecular complexity index is 3390. The van der Waals surface area contributed by atoms with Gasteiger partial charge in [0.1, 0.15) is 29.8 Å². The van der Waals surface area contributed by atoms with Gasteiger partial charge >= 0.3 is 0 Å². The number of benzene rings is 3. The van der Waals surface area contributed by atoms with Crippen molar-refractivity contribution in [1.82, 2.24) is 28.8 Å². The number of carbonyl (C=O) groups excluding carboxylic acids is 1. The summed E-state index contributed by atoms with van der Waals surface area (Å²) in [4.78, 5) is 43.5.